The zero-order valence-corrected chi connectivity index (χ0v) is 8.08. The highest BCUT2D eigenvalue weighted by molar-refractivity contribution is 6.01. The van der Waals surface area contributed by atoms with E-state index >= 15 is 0 Å². The van der Waals surface area contributed by atoms with E-state index in [1.165, 1.54) is 12.0 Å². The summed E-state index contributed by atoms with van der Waals surface area (Å²) >= 11 is 0. The number of carbonyl (C=O) groups is 1. The van der Waals surface area contributed by atoms with Gasteiger partial charge in [0.2, 0.25) is 0 Å². The zero-order chi connectivity index (χ0) is 9.16. The molecule has 2 bridgehead atoms. The van der Waals surface area contributed by atoms with Gasteiger partial charge in [0.05, 0.1) is 0 Å². The fourth-order valence-corrected chi connectivity index (χ4v) is 3.46. The number of Topliss-reactive ketones (excluding diaryl/α,β-unsaturated/α-hetero) is 1. The third-order valence-corrected chi connectivity index (χ3v) is 4.22. The first-order valence-corrected chi connectivity index (χ1v) is 5.10. The molecule has 0 spiro atoms. The summed E-state index contributed by atoms with van der Waals surface area (Å²) in [5, 5.41) is 0. The second-order valence-electron chi connectivity index (χ2n) is 4.67. The van der Waals surface area contributed by atoms with Crippen molar-refractivity contribution in [2.75, 3.05) is 0 Å². The van der Waals surface area contributed by atoms with Crippen LogP contribution in [-0.4, -0.2) is 5.78 Å². The fourth-order valence-electron chi connectivity index (χ4n) is 3.46. The van der Waals surface area contributed by atoms with Crippen molar-refractivity contribution in [1.29, 1.82) is 0 Å². The highest BCUT2D eigenvalue weighted by Crippen LogP contribution is 2.55. The third-order valence-electron chi connectivity index (χ3n) is 4.22. The minimum Gasteiger partial charge on any atom is -0.294 e. The van der Waals surface area contributed by atoms with Gasteiger partial charge in [-0.3, -0.25) is 4.79 Å². The molecule has 1 heteroatoms. The summed E-state index contributed by atoms with van der Waals surface area (Å²) in [7, 11) is 0. The Morgan fingerprint density at radius 2 is 1.77 bits per heavy atom. The maximum atomic E-state index is 11.9. The molecule has 0 amide bonds. The summed E-state index contributed by atoms with van der Waals surface area (Å²) in [5.41, 5.74) is 2.42. The maximum absolute atomic E-state index is 11.9. The Morgan fingerprint density at radius 3 is 2.38 bits per heavy atom. The minimum absolute atomic E-state index is 0.329. The number of allylic oxidation sites excluding steroid dienone is 4. The highest BCUT2D eigenvalue weighted by Gasteiger charge is 2.52. The molecular weight excluding hydrogens is 160 g/mol. The molecule has 1 nitrogen and oxygen atoms in total. The third kappa shape index (κ3) is 0.714. The van der Waals surface area contributed by atoms with Crippen LogP contribution < -0.4 is 0 Å². The fraction of sp³-hybridized carbons (Fsp3) is 0.583. The van der Waals surface area contributed by atoms with Crippen molar-refractivity contribution in [3.63, 3.8) is 0 Å². The largest absolute Gasteiger partial charge is 0.294 e. The van der Waals surface area contributed by atoms with Crippen molar-refractivity contribution in [3.8, 4) is 0 Å². The first-order chi connectivity index (χ1) is 6.20. The van der Waals surface area contributed by atoms with Crippen molar-refractivity contribution in [1.82, 2.24) is 0 Å². The SMILES string of the molecule is CC1=C(C)[C@H]2[C@@H](C1=O)[C@@H]1C=C[C@H]2C1. The number of ketones is 1. The van der Waals surface area contributed by atoms with Crippen molar-refractivity contribution < 1.29 is 4.79 Å². The Bertz CT molecular complexity index is 348. The Balaban J connectivity index is 2.11. The van der Waals surface area contributed by atoms with E-state index in [1.54, 1.807) is 0 Å². The Hall–Kier alpha value is -0.850. The van der Waals surface area contributed by atoms with Crippen LogP contribution in [0.3, 0.4) is 0 Å². The van der Waals surface area contributed by atoms with Gasteiger partial charge in [-0.1, -0.05) is 17.7 Å². The van der Waals surface area contributed by atoms with Crippen molar-refractivity contribution >= 4 is 5.78 Å². The Morgan fingerprint density at radius 1 is 1.15 bits per heavy atom. The number of rotatable bonds is 0. The van der Waals surface area contributed by atoms with Gasteiger partial charge in [-0.05, 0) is 43.6 Å². The summed E-state index contributed by atoms with van der Waals surface area (Å²) in [6.45, 7) is 4.14. The molecule has 0 radical (unpaired) electrons. The van der Waals surface area contributed by atoms with Gasteiger partial charge < -0.3 is 0 Å². The molecule has 0 aromatic heterocycles. The predicted octanol–water partition coefficient (Wildman–Crippen LogP) is 2.34. The molecule has 0 N–H and O–H groups in total. The molecule has 0 aliphatic heterocycles. The van der Waals surface area contributed by atoms with Crippen LogP contribution in [0.25, 0.3) is 0 Å². The van der Waals surface area contributed by atoms with Crippen LogP contribution in [0.5, 0.6) is 0 Å². The average molecular weight is 174 g/mol. The molecule has 4 atom stereocenters. The van der Waals surface area contributed by atoms with E-state index < -0.39 is 0 Å². The van der Waals surface area contributed by atoms with E-state index in [0.29, 0.717) is 29.5 Å². The van der Waals surface area contributed by atoms with Crippen LogP contribution in [0.1, 0.15) is 20.3 Å². The molecule has 0 aromatic carbocycles. The second kappa shape index (κ2) is 2.14. The van der Waals surface area contributed by atoms with E-state index in [-0.39, 0.29) is 0 Å². The van der Waals surface area contributed by atoms with Crippen LogP contribution in [0.15, 0.2) is 23.3 Å². The molecule has 0 saturated heterocycles. The molecule has 1 fully saturated rings. The standard InChI is InChI=1S/C12H14O/c1-6-7(2)12(13)11-9-4-3-8(5-9)10(6)11/h3-4,8-11H,5H2,1-2H3/t8-,9+,10+,11-/m0/s1. The Labute approximate surface area is 78.5 Å². The molecule has 1 saturated carbocycles. The van der Waals surface area contributed by atoms with Gasteiger partial charge in [-0.15, -0.1) is 0 Å². The second-order valence-corrected chi connectivity index (χ2v) is 4.67. The molecular formula is C12H14O. The molecule has 3 aliphatic rings. The lowest BCUT2D eigenvalue weighted by atomic mass is 9.82. The summed E-state index contributed by atoms with van der Waals surface area (Å²) < 4.78 is 0. The molecule has 0 unspecified atom stereocenters. The molecule has 13 heavy (non-hydrogen) atoms. The number of hydrogen-bond donors (Lipinski definition) is 0. The topological polar surface area (TPSA) is 17.1 Å². The zero-order valence-electron chi connectivity index (χ0n) is 8.08. The van der Waals surface area contributed by atoms with Gasteiger partial charge >= 0.3 is 0 Å². The van der Waals surface area contributed by atoms with Crippen LogP contribution in [0, 0.1) is 23.7 Å². The van der Waals surface area contributed by atoms with E-state index in [9.17, 15) is 4.79 Å². The predicted molar refractivity (Wildman–Crippen MR) is 51.1 cm³/mol. The van der Waals surface area contributed by atoms with Crippen molar-refractivity contribution in [3.05, 3.63) is 23.3 Å². The van der Waals surface area contributed by atoms with Gasteiger partial charge in [0, 0.05) is 5.92 Å². The summed E-state index contributed by atoms with van der Waals surface area (Å²) in [6, 6.07) is 0. The van der Waals surface area contributed by atoms with E-state index in [4.69, 9.17) is 0 Å². The van der Waals surface area contributed by atoms with E-state index in [2.05, 4.69) is 19.1 Å². The lowest BCUT2D eigenvalue weighted by molar-refractivity contribution is -0.119. The first kappa shape index (κ1) is 7.54. The smallest absolute Gasteiger partial charge is 0.162 e. The minimum atomic E-state index is 0.329. The van der Waals surface area contributed by atoms with E-state index in [0.717, 1.165) is 5.57 Å². The van der Waals surface area contributed by atoms with Gasteiger partial charge in [0.1, 0.15) is 0 Å². The highest BCUT2D eigenvalue weighted by atomic mass is 16.1. The summed E-state index contributed by atoms with van der Waals surface area (Å²) in [4.78, 5) is 11.9. The molecule has 3 rings (SSSR count). The lowest BCUT2D eigenvalue weighted by Gasteiger charge is -2.20. The van der Waals surface area contributed by atoms with Crippen molar-refractivity contribution in [2.45, 2.75) is 20.3 Å². The Kier molecular flexibility index (Phi) is 1.24. The normalized spacial score (nSPS) is 46.5. The first-order valence-electron chi connectivity index (χ1n) is 5.10. The summed E-state index contributed by atoms with van der Waals surface area (Å²) in [6.07, 6.45) is 5.81. The molecule has 68 valence electrons. The monoisotopic (exact) mass is 174 g/mol. The van der Waals surface area contributed by atoms with Crippen LogP contribution in [0.2, 0.25) is 0 Å². The molecule has 3 aliphatic carbocycles. The van der Waals surface area contributed by atoms with Gasteiger partial charge in [0.15, 0.2) is 5.78 Å². The quantitative estimate of drug-likeness (QED) is 0.515. The van der Waals surface area contributed by atoms with E-state index in [1.807, 2.05) is 6.92 Å². The summed E-state index contributed by atoms with van der Waals surface area (Å²) in [5.74, 6) is 2.57. The molecule has 0 heterocycles. The van der Waals surface area contributed by atoms with Crippen LogP contribution >= 0.6 is 0 Å². The number of carbonyl (C=O) groups excluding carboxylic acids is 1. The van der Waals surface area contributed by atoms with Crippen LogP contribution in [-0.2, 0) is 4.79 Å². The van der Waals surface area contributed by atoms with Gasteiger partial charge in [0.25, 0.3) is 0 Å². The van der Waals surface area contributed by atoms with Crippen molar-refractivity contribution in [2.24, 2.45) is 23.7 Å². The average Bonchev–Trinajstić information content (AvgIpc) is 2.76. The maximum Gasteiger partial charge on any atom is 0.162 e. The number of fused-ring (bicyclic) bond motifs is 5. The lowest BCUT2D eigenvalue weighted by Crippen LogP contribution is -2.21. The molecule has 0 aromatic rings. The van der Waals surface area contributed by atoms with Crippen LogP contribution in [0.4, 0.5) is 0 Å². The van der Waals surface area contributed by atoms with Gasteiger partial charge in [-0.2, -0.15) is 0 Å². The van der Waals surface area contributed by atoms with Gasteiger partial charge in [-0.25, -0.2) is 0 Å². The number of hydrogen-bond acceptors (Lipinski definition) is 1.